The number of hydrogen-bond donors (Lipinski definition) is 2. The molecule has 0 amide bonds. The standard InChI is InChI=1S/C16H25NO3/c1-17(2)11-13-7-8-14(18)10-16(13,19)12-5-4-6-15(9-12)20-3/h4-6,9,13-14,18-19H,7-8,10-11H2,1-3H3/t13-,14-,16-/m1/s1. The maximum Gasteiger partial charge on any atom is 0.119 e. The first-order valence-corrected chi connectivity index (χ1v) is 7.15. The quantitative estimate of drug-likeness (QED) is 0.879. The minimum absolute atomic E-state index is 0.119. The fraction of sp³-hybridized carbons (Fsp3) is 0.625. The third-order valence-electron chi connectivity index (χ3n) is 4.23. The molecule has 0 bridgehead atoms. The zero-order chi connectivity index (χ0) is 14.8. The third kappa shape index (κ3) is 3.14. The normalized spacial score (nSPS) is 30.5. The number of ether oxygens (including phenoxy) is 1. The maximum absolute atomic E-state index is 11.2. The predicted octanol–water partition coefficient (Wildman–Crippen LogP) is 1.61. The summed E-state index contributed by atoms with van der Waals surface area (Å²) < 4.78 is 5.25. The van der Waals surface area contributed by atoms with E-state index >= 15 is 0 Å². The number of aliphatic hydroxyl groups is 2. The highest BCUT2D eigenvalue weighted by Crippen LogP contribution is 2.42. The first-order valence-electron chi connectivity index (χ1n) is 7.15. The van der Waals surface area contributed by atoms with Crippen LogP contribution in [0.2, 0.25) is 0 Å². The van der Waals surface area contributed by atoms with Gasteiger partial charge in [-0.25, -0.2) is 0 Å². The van der Waals surface area contributed by atoms with Crippen LogP contribution in [-0.2, 0) is 5.60 Å². The molecule has 0 aromatic heterocycles. The summed E-state index contributed by atoms with van der Waals surface area (Å²) in [7, 11) is 5.64. The summed E-state index contributed by atoms with van der Waals surface area (Å²) in [5, 5.41) is 21.2. The van der Waals surface area contributed by atoms with Gasteiger partial charge in [-0.05, 0) is 44.6 Å². The van der Waals surface area contributed by atoms with E-state index in [1.807, 2.05) is 38.4 Å². The van der Waals surface area contributed by atoms with E-state index in [0.29, 0.717) is 6.42 Å². The monoisotopic (exact) mass is 279 g/mol. The Bertz CT molecular complexity index is 449. The van der Waals surface area contributed by atoms with Crippen LogP contribution in [0.25, 0.3) is 0 Å². The molecule has 0 unspecified atom stereocenters. The molecule has 1 fully saturated rings. The van der Waals surface area contributed by atoms with Gasteiger partial charge in [0.1, 0.15) is 5.75 Å². The summed E-state index contributed by atoms with van der Waals surface area (Å²) in [6.45, 7) is 0.806. The van der Waals surface area contributed by atoms with E-state index in [1.165, 1.54) is 0 Å². The average Bonchev–Trinajstić information content (AvgIpc) is 2.42. The number of benzene rings is 1. The van der Waals surface area contributed by atoms with Gasteiger partial charge in [0.15, 0.2) is 0 Å². The van der Waals surface area contributed by atoms with E-state index in [9.17, 15) is 10.2 Å². The molecular formula is C16H25NO3. The molecule has 2 N–H and O–H groups in total. The van der Waals surface area contributed by atoms with E-state index in [1.54, 1.807) is 7.11 Å². The van der Waals surface area contributed by atoms with Gasteiger partial charge in [-0.3, -0.25) is 0 Å². The van der Waals surface area contributed by atoms with Gasteiger partial charge < -0.3 is 19.8 Å². The van der Waals surface area contributed by atoms with Gasteiger partial charge in [0.2, 0.25) is 0 Å². The van der Waals surface area contributed by atoms with Crippen molar-refractivity contribution >= 4 is 0 Å². The first kappa shape index (κ1) is 15.3. The minimum Gasteiger partial charge on any atom is -0.497 e. The summed E-state index contributed by atoms with van der Waals surface area (Å²) in [6, 6.07) is 7.55. The van der Waals surface area contributed by atoms with Crippen molar-refractivity contribution in [3.05, 3.63) is 29.8 Å². The summed E-state index contributed by atoms with van der Waals surface area (Å²) in [5.74, 6) is 0.854. The summed E-state index contributed by atoms with van der Waals surface area (Å²) >= 11 is 0. The first-order chi connectivity index (χ1) is 9.45. The van der Waals surface area contributed by atoms with Crippen molar-refractivity contribution in [1.29, 1.82) is 0 Å². The lowest BCUT2D eigenvalue weighted by molar-refractivity contribution is -0.0992. The SMILES string of the molecule is COc1cccc([C@]2(O)C[C@H](O)CC[C@@H]2CN(C)C)c1. The summed E-state index contributed by atoms with van der Waals surface area (Å²) in [5.41, 5.74) is -0.154. The van der Waals surface area contributed by atoms with E-state index in [4.69, 9.17) is 4.74 Å². The smallest absolute Gasteiger partial charge is 0.119 e. The average molecular weight is 279 g/mol. The Kier molecular flexibility index (Phi) is 4.68. The highest BCUT2D eigenvalue weighted by molar-refractivity contribution is 5.33. The zero-order valence-corrected chi connectivity index (χ0v) is 12.5. The van der Waals surface area contributed by atoms with Crippen molar-refractivity contribution in [2.45, 2.75) is 31.0 Å². The van der Waals surface area contributed by atoms with Crippen LogP contribution in [0.1, 0.15) is 24.8 Å². The van der Waals surface area contributed by atoms with Crippen LogP contribution in [0.4, 0.5) is 0 Å². The Labute approximate surface area is 121 Å². The molecule has 112 valence electrons. The van der Waals surface area contributed by atoms with Crippen LogP contribution in [-0.4, -0.2) is 49.0 Å². The van der Waals surface area contributed by atoms with Gasteiger partial charge in [0.05, 0.1) is 18.8 Å². The molecule has 0 saturated heterocycles. The molecule has 4 heteroatoms. The van der Waals surface area contributed by atoms with Crippen molar-refractivity contribution in [3.63, 3.8) is 0 Å². The molecule has 0 radical (unpaired) electrons. The van der Waals surface area contributed by atoms with E-state index in [0.717, 1.165) is 30.7 Å². The molecule has 1 aliphatic rings. The molecule has 0 spiro atoms. The number of nitrogens with zero attached hydrogens (tertiary/aromatic N) is 1. The van der Waals surface area contributed by atoms with Gasteiger partial charge >= 0.3 is 0 Å². The van der Waals surface area contributed by atoms with Gasteiger partial charge in [-0.2, -0.15) is 0 Å². The molecule has 1 aliphatic carbocycles. The molecule has 4 nitrogen and oxygen atoms in total. The van der Waals surface area contributed by atoms with E-state index in [-0.39, 0.29) is 5.92 Å². The molecule has 1 saturated carbocycles. The molecule has 1 aromatic rings. The lowest BCUT2D eigenvalue weighted by Crippen LogP contribution is -2.46. The van der Waals surface area contributed by atoms with Crippen LogP contribution >= 0.6 is 0 Å². The molecule has 0 heterocycles. The minimum atomic E-state index is -0.990. The van der Waals surface area contributed by atoms with Gasteiger partial charge in [0, 0.05) is 18.9 Å². The summed E-state index contributed by atoms with van der Waals surface area (Å²) in [4.78, 5) is 2.09. The van der Waals surface area contributed by atoms with Crippen LogP contribution < -0.4 is 4.74 Å². The van der Waals surface area contributed by atoms with Crippen LogP contribution in [0.3, 0.4) is 0 Å². The lowest BCUT2D eigenvalue weighted by atomic mass is 9.70. The van der Waals surface area contributed by atoms with E-state index in [2.05, 4.69) is 4.90 Å². The molecule has 1 aromatic carbocycles. The van der Waals surface area contributed by atoms with Crippen molar-refractivity contribution in [3.8, 4) is 5.75 Å². The topological polar surface area (TPSA) is 52.9 Å². The second-order valence-electron chi connectivity index (χ2n) is 6.05. The van der Waals surface area contributed by atoms with Crippen LogP contribution in [0.5, 0.6) is 5.75 Å². The predicted molar refractivity (Wildman–Crippen MR) is 78.8 cm³/mol. The number of rotatable bonds is 4. The number of methoxy groups -OCH3 is 1. The third-order valence-corrected chi connectivity index (χ3v) is 4.23. The molecule has 2 rings (SSSR count). The highest BCUT2D eigenvalue weighted by Gasteiger charge is 2.43. The van der Waals surface area contributed by atoms with Crippen molar-refractivity contribution in [1.82, 2.24) is 4.90 Å². The van der Waals surface area contributed by atoms with Crippen molar-refractivity contribution in [2.75, 3.05) is 27.7 Å². The van der Waals surface area contributed by atoms with Crippen molar-refractivity contribution in [2.24, 2.45) is 5.92 Å². The Balaban J connectivity index is 2.34. The molecule has 0 aliphatic heterocycles. The van der Waals surface area contributed by atoms with Crippen LogP contribution in [0.15, 0.2) is 24.3 Å². The summed E-state index contributed by atoms with van der Waals surface area (Å²) in [6.07, 6.45) is 1.53. The van der Waals surface area contributed by atoms with Gasteiger partial charge in [-0.1, -0.05) is 12.1 Å². The Morgan fingerprint density at radius 1 is 1.35 bits per heavy atom. The lowest BCUT2D eigenvalue weighted by Gasteiger charge is -2.43. The second-order valence-corrected chi connectivity index (χ2v) is 6.05. The fourth-order valence-electron chi connectivity index (χ4n) is 3.19. The zero-order valence-electron chi connectivity index (χ0n) is 12.5. The number of hydrogen-bond acceptors (Lipinski definition) is 4. The maximum atomic E-state index is 11.2. The molecule has 3 atom stereocenters. The fourth-order valence-corrected chi connectivity index (χ4v) is 3.19. The molecule has 20 heavy (non-hydrogen) atoms. The largest absolute Gasteiger partial charge is 0.497 e. The van der Waals surface area contributed by atoms with Gasteiger partial charge in [-0.15, -0.1) is 0 Å². The molecular weight excluding hydrogens is 254 g/mol. The van der Waals surface area contributed by atoms with Gasteiger partial charge in [0.25, 0.3) is 0 Å². The Morgan fingerprint density at radius 2 is 2.10 bits per heavy atom. The Hall–Kier alpha value is -1.10. The Morgan fingerprint density at radius 3 is 2.75 bits per heavy atom. The van der Waals surface area contributed by atoms with Crippen LogP contribution in [0, 0.1) is 5.92 Å². The van der Waals surface area contributed by atoms with E-state index < -0.39 is 11.7 Å². The second kappa shape index (κ2) is 6.12. The highest BCUT2D eigenvalue weighted by atomic mass is 16.5. The number of aliphatic hydroxyl groups excluding tert-OH is 1. The van der Waals surface area contributed by atoms with Crippen molar-refractivity contribution < 1.29 is 14.9 Å².